The number of alkyl halides is 3. The van der Waals surface area contributed by atoms with Crippen molar-refractivity contribution in [3.8, 4) is 11.5 Å². The molecule has 0 radical (unpaired) electrons. The third-order valence-electron chi connectivity index (χ3n) is 7.04. The number of aromatic nitrogens is 3. The van der Waals surface area contributed by atoms with Crippen molar-refractivity contribution in [3.05, 3.63) is 66.4 Å². The Bertz CT molecular complexity index is 1530. The van der Waals surface area contributed by atoms with Crippen LogP contribution < -0.4 is 15.4 Å². The summed E-state index contributed by atoms with van der Waals surface area (Å²) in [4.78, 5) is 25.9. The number of hydrogen-bond donors (Lipinski definition) is 2. The van der Waals surface area contributed by atoms with Gasteiger partial charge in [0.1, 0.15) is 17.3 Å². The van der Waals surface area contributed by atoms with E-state index in [0.29, 0.717) is 41.4 Å². The number of nitrogens with one attached hydrogen (secondary N) is 2. The largest absolute Gasteiger partial charge is 0.457 e. The van der Waals surface area contributed by atoms with Gasteiger partial charge in [-0.3, -0.25) is 14.6 Å². The molecule has 1 aliphatic rings. The standard InChI is InChI=1S/C29H32F3N7O2/c1-19(2)39-13-11-38(12-14-39)18-27(40)36-26-17-23(9-10-33-26)41-22-7-8-25-24(16-22)35-28(37(25)3)34-21-6-4-5-20(15-21)29(30,31)32/h4-10,15-17,19H,11-14,18H2,1-3H3,(H,34,35)(H,33,36,40). The van der Waals surface area contributed by atoms with E-state index in [-0.39, 0.29) is 11.6 Å². The molecule has 1 fully saturated rings. The molecule has 0 bridgehead atoms. The van der Waals surface area contributed by atoms with Crippen molar-refractivity contribution >= 4 is 34.4 Å². The molecular formula is C29H32F3N7O2. The highest BCUT2D eigenvalue weighted by atomic mass is 19.4. The number of rotatable bonds is 8. The molecule has 3 heterocycles. The first-order valence-electron chi connectivity index (χ1n) is 13.4. The van der Waals surface area contributed by atoms with Crippen LogP contribution in [0.25, 0.3) is 11.0 Å². The summed E-state index contributed by atoms with van der Waals surface area (Å²) >= 11 is 0. The van der Waals surface area contributed by atoms with Crippen molar-refractivity contribution in [3.63, 3.8) is 0 Å². The van der Waals surface area contributed by atoms with Crippen molar-refractivity contribution < 1.29 is 22.7 Å². The molecule has 1 aliphatic heterocycles. The van der Waals surface area contributed by atoms with Crippen LogP contribution in [-0.2, 0) is 18.0 Å². The molecule has 4 aromatic rings. The molecule has 0 unspecified atom stereocenters. The summed E-state index contributed by atoms with van der Waals surface area (Å²) in [5.41, 5.74) is 0.900. The molecule has 0 saturated carbocycles. The third kappa shape index (κ3) is 6.95. The molecule has 216 valence electrons. The Hall–Kier alpha value is -4.16. The van der Waals surface area contributed by atoms with Crippen LogP contribution >= 0.6 is 0 Å². The highest BCUT2D eigenvalue weighted by molar-refractivity contribution is 5.91. The minimum absolute atomic E-state index is 0.136. The first-order valence-corrected chi connectivity index (χ1v) is 13.4. The number of carbonyl (C=O) groups is 1. The lowest BCUT2D eigenvalue weighted by Gasteiger charge is -2.36. The maximum Gasteiger partial charge on any atom is 0.416 e. The van der Waals surface area contributed by atoms with Gasteiger partial charge < -0.3 is 19.9 Å². The second-order valence-electron chi connectivity index (χ2n) is 10.3. The lowest BCUT2D eigenvalue weighted by Crippen LogP contribution is -2.50. The molecule has 1 saturated heterocycles. The molecular weight excluding hydrogens is 535 g/mol. The highest BCUT2D eigenvalue weighted by Gasteiger charge is 2.30. The summed E-state index contributed by atoms with van der Waals surface area (Å²) in [6.07, 6.45) is -2.88. The summed E-state index contributed by atoms with van der Waals surface area (Å²) in [5, 5.41) is 5.81. The number of carbonyl (C=O) groups excluding carboxylic acids is 1. The quantitative estimate of drug-likeness (QED) is 0.291. The smallest absolute Gasteiger partial charge is 0.416 e. The summed E-state index contributed by atoms with van der Waals surface area (Å²) in [5.74, 6) is 1.63. The number of aryl methyl sites for hydroxylation is 1. The number of amides is 1. The Morgan fingerprint density at radius 2 is 1.78 bits per heavy atom. The fraction of sp³-hybridized carbons (Fsp3) is 0.345. The van der Waals surface area contributed by atoms with E-state index in [2.05, 4.69) is 44.2 Å². The maximum absolute atomic E-state index is 13.1. The van der Waals surface area contributed by atoms with Gasteiger partial charge in [-0.25, -0.2) is 9.97 Å². The Kier molecular flexibility index (Phi) is 8.13. The monoisotopic (exact) mass is 567 g/mol. The van der Waals surface area contributed by atoms with Gasteiger partial charge in [-0.1, -0.05) is 6.07 Å². The number of fused-ring (bicyclic) bond motifs is 1. The number of pyridine rings is 1. The zero-order chi connectivity index (χ0) is 29.1. The Balaban J connectivity index is 1.23. The van der Waals surface area contributed by atoms with Gasteiger partial charge in [-0.15, -0.1) is 0 Å². The van der Waals surface area contributed by atoms with Crippen molar-refractivity contribution in [1.29, 1.82) is 0 Å². The molecule has 9 nitrogen and oxygen atoms in total. The second-order valence-corrected chi connectivity index (χ2v) is 10.3. The highest BCUT2D eigenvalue weighted by Crippen LogP contribution is 2.32. The molecule has 2 aromatic heterocycles. The Morgan fingerprint density at radius 1 is 1.02 bits per heavy atom. The molecule has 0 atom stereocenters. The van der Waals surface area contributed by atoms with Crippen molar-refractivity contribution in [1.82, 2.24) is 24.3 Å². The SMILES string of the molecule is CC(C)N1CCN(CC(=O)Nc2cc(Oc3ccc4c(c3)nc(Nc3cccc(C(F)(F)F)c3)n4C)ccn2)CC1. The van der Waals surface area contributed by atoms with Gasteiger partial charge in [-0.2, -0.15) is 13.2 Å². The van der Waals surface area contributed by atoms with Gasteiger partial charge >= 0.3 is 6.18 Å². The number of nitrogens with zero attached hydrogens (tertiary/aromatic N) is 5. The van der Waals surface area contributed by atoms with E-state index in [0.717, 1.165) is 43.8 Å². The first kappa shape index (κ1) is 28.4. The average Bonchev–Trinajstić information content (AvgIpc) is 3.22. The number of halogens is 3. The second kappa shape index (κ2) is 11.8. The van der Waals surface area contributed by atoms with Crippen molar-refractivity contribution in [2.75, 3.05) is 43.4 Å². The summed E-state index contributed by atoms with van der Waals surface area (Å²) in [6.45, 7) is 8.22. The molecule has 1 amide bonds. The predicted octanol–water partition coefficient (Wildman–Crippen LogP) is 5.49. The summed E-state index contributed by atoms with van der Waals surface area (Å²) in [7, 11) is 1.77. The van der Waals surface area contributed by atoms with Gasteiger partial charge in [0.05, 0.1) is 23.1 Å². The minimum atomic E-state index is -4.44. The van der Waals surface area contributed by atoms with Crippen LogP contribution in [0.4, 0.5) is 30.6 Å². The topological polar surface area (TPSA) is 87.5 Å². The van der Waals surface area contributed by atoms with Gasteiger partial charge in [0.25, 0.3) is 0 Å². The van der Waals surface area contributed by atoms with E-state index in [9.17, 15) is 18.0 Å². The van der Waals surface area contributed by atoms with E-state index >= 15 is 0 Å². The van der Waals surface area contributed by atoms with Crippen LogP contribution in [0.5, 0.6) is 11.5 Å². The molecule has 41 heavy (non-hydrogen) atoms. The van der Waals surface area contributed by atoms with Crippen LogP contribution in [0.15, 0.2) is 60.8 Å². The third-order valence-corrected chi connectivity index (χ3v) is 7.04. The predicted molar refractivity (Wildman–Crippen MR) is 152 cm³/mol. The van der Waals surface area contributed by atoms with Gasteiger partial charge in [-0.05, 0) is 50.2 Å². The van der Waals surface area contributed by atoms with E-state index in [1.165, 1.54) is 6.07 Å². The number of piperazine rings is 1. The Labute approximate surface area is 235 Å². The lowest BCUT2D eigenvalue weighted by molar-refractivity contribution is -0.137. The van der Waals surface area contributed by atoms with Crippen molar-refractivity contribution in [2.24, 2.45) is 7.05 Å². The van der Waals surface area contributed by atoms with Crippen LogP contribution in [0, 0.1) is 0 Å². The lowest BCUT2D eigenvalue weighted by atomic mass is 10.2. The zero-order valence-corrected chi connectivity index (χ0v) is 23.1. The zero-order valence-electron chi connectivity index (χ0n) is 23.1. The minimum Gasteiger partial charge on any atom is -0.457 e. The van der Waals surface area contributed by atoms with Crippen LogP contribution in [0.1, 0.15) is 19.4 Å². The number of benzene rings is 2. The van der Waals surface area contributed by atoms with E-state index in [1.54, 1.807) is 48.1 Å². The van der Waals surface area contributed by atoms with Crippen LogP contribution in [0.2, 0.25) is 0 Å². The van der Waals surface area contributed by atoms with E-state index < -0.39 is 11.7 Å². The normalized spacial score (nSPS) is 14.9. The molecule has 0 aliphatic carbocycles. The maximum atomic E-state index is 13.1. The van der Waals surface area contributed by atoms with Crippen LogP contribution in [-0.4, -0.2) is 69.0 Å². The molecule has 0 spiro atoms. The van der Waals surface area contributed by atoms with E-state index in [1.807, 2.05) is 6.07 Å². The van der Waals surface area contributed by atoms with Crippen molar-refractivity contribution in [2.45, 2.75) is 26.1 Å². The average molecular weight is 568 g/mol. The Morgan fingerprint density at radius 3 is 2.51 bits per heavy atom. The number of ether oxygens (including phenoxy) is 1. The van der Waals surface area contributed by atoms with Crippen LogP contribution in [0.3, 0.4) is 0 Å². The number of hydrogen-bond acceptors (Lipinski definition) is 7. The molecule has 2 N–H and O–H groups in total. The molecule has 12 heteroatoms. The van der Waals surface area contributed by atoms with Gasteiger partial charge in [0.15, 0.2) is 0 Å². The molecule has 2 aromatic carbocycles. The molecule has 5 rings (SSSR count). The first-order chi connectivity index (χ1) is 19.5. The fourth-order valence-electron chi connectivity index (χ4n) is 4.76. The number of anilines is 3. The number of imidazole rings is 1. The van der Waals surface area contributed by atoms with Gasteiger partial charge in [0.2, 0.25) is 11.9 Å². The summed E-state index contributed by atoms with van der Waals surface area (Å²) in [6, 6.07) is 14.1. The van der Waals surface area contributed by atoms with E-state index in [4.69, 9.17) is 4.74 Å². The summed E-state index contributed by atoms with van der Waals surface area (Å²) < 4.78 is 47.1. The van der Waals surface area contributed by atoms with Gasteiger partial charge in [0, 0.05) is 63.3 Å². The fourth-order valence-corrected chi connectivity index (χ4v) is 4.76.